The lowest BCUT2D eigenvalue weighted by Gasteiger charge is -2.34. The van der Waals surface area contributed by atoms with Gasteiger partial charge in [0.05, 0.1) is 0 Å². The van der Waals surface area contributed by atoms with Crippen molar-refractivity contribution in [3.8, 4) is 0 Å². The number of amides is 2. The van der Waals surface area contributed by atoms with Crippen LogP contribution in [0.25, 0.3) is 0 Å². The number of carbonyl (C=O) groups is 2. The summed E-state index contributed by atoms with van der Waals surface area (Å²) in [6.45, 7) is 15.0. The van der Waals surface area contributed by atoms with Crippen molar-refractivity contribution < 1.29 is 9.59 Å². The maximum Gasteiger partial charge on any atom is 0.246 e. The Morgan fingerprint density at radius 3 is 1.89 bits per heavy atom. The lowest BCUT2D eigenvalue weighted by molar-refractivity contribution is -0.139. The Morgan fingerprint density at radius 1 is 1.17 bits per heavy atom. The van der Waals surface area contributed by atoms with Gasteiger partial charge in [-0.1, -0.05) is 13.5 Å². The van der Waals surface area contributed by atoms with E-state index in [1.54, 1.807) is 11.8 Å². The number of nitrogens with one attached hydrogen (secondary N) is 1. The summed E-state index contributed by atoms with van der Waals surface area (Å²) in [7, 11) is 0. The minimum Gasteiger partial charge on any atom is -0.341 e. The summed E-state index contributed by atoms with van der Waals surface area (Å²) in [5, 5.41) is 2.73. The van der Waals surface area contributed by atoms with Gasteiger partial charge >= 0.3 is 0 Å². The van der Waals surface area contributed by atoms with Gasteiger partial charge in [-0.25, -0.2) is 0 Å². The smallest absolute Gasteiger partial charge is 0.246 e. The van der Waals surface area contributed by atoms with E-state index in [4.69, 9.17) is 0 Å². The molecular weight excluding hydrogens is 228 g/mol. The summed E-state index contributed by atoms with van der Waals surface area (Å²) >= 11 is 0. The zero-order valence-electron chi connectivity index (χ0n) is 12.4. The molecule has 2 amide bonds. The second kappa shape index (κ2) is 7.19. The first-order valence-corrected chi connectivity index (χ1v) is 6.50. The van der Waals surface area contributed by atoms with Crippen LogP contribution in [0.5, 0.6) is 0 Å². The zero-order valence-corrected chi connectivity index (χ0v) is 12.4. The van der Waals surface area contributed by atoms with Crippen molar-refractivity contribution in [2.75, 3.05) is 0 Å². The third kappa shape index (κ3) is 4.51. The van der Waals surface area contributed by atoms with Crippen LogP contribution in [0.3, 0.4) is 0 Å². The van der Waals surface area contributed by atoms with Crippen molar-refractivity contribution in [3.05, 3.63) is 12.2 Å². The van der Waals surface area contributed by atoms with Gasteiger partial charge in [-0.2, -0.15) is 0 Å². The molecule has 0 rings (SSSR count). The van der Waals surface area contributed by atoms with Gasteiger partial charge in [0.15, 0.2) is 0 Å². The standard InChI is InChI=1S/C14H26N2O2/c1-8-12(15-13(17)9(2)3)14(18)16(10(4)5)11(6)7/h10-12H,2,8H2,1,3-7H3,(H,15,17)/t12-/m0/s1. The normalized spacial score (nSPS) is 12.4. The maximum atomic E-state index is 12.4. The second-order valence-corrected chi connectivity index (χ2v) is 5.15. The van der Waals surface area contributed by atoms with Gasteiger partial charge in [-0.05, 0) is 41.0 Å². The van der Waals surface area contributed by atoms with E-state index in [1.807, 2.05) is 34.6 Å². The number of carbonyl (C=O) groups excluding carboxylic acids is 2. The summed E-state index contributed by atoms with van der Waals surface area (Å²) in [6, 6.07) is -0.236. The Balaban J connectivity index is 4.89. The van der Waals surface area contributed by atoms with Crippen LogP contribution >= 0.6 is 0 Å². The molecule has 0 aliphatic carbocycles. The van der Waals surface area contributed by atoms with Gasteiger partial charge in [-0.3, -0.25) is 9.59 Å². The molecule has 0 radical (unpaired) electrons. The van der Waals surface area contributed by atoms with Crippen LogP contribution in [-0.4, -0.2) is 34.8 Å². The Kier molecular flexibility index (Phi) is 6.66. The van der Waals surface area contributed by atoms with Crippen LogP contribution in [0, 0.1) is 0 Å². The lowest BCUT2D eigenvalue weighted by atomic mass is 10.1. The molecule has 0 heterocycles. The van der Waals surface area contributed by atoms with Gasteiger partial charge in [0.2, 0.25) is 11.8 Å². The fraction of sp³-hybridized carbons (Fsp3) is 0.714. The van der Waals surface area contributed by atoms with Crippen LogP contribution in [0.4, 0.5) is 0 Å². The molecule has 4 nitrogen and oxygen atoms in total. The van der Waals surface area contributed by atoms with E-state index in [2.05, 4.69) is 11.9 Å². The Hall–Kier alpha value is -1.32. The SMILES string of the molecule is C=C(C)C(=O)N[C@@H](CC)C(=O)N(C(C)C)C(C)C. The van der Waals surface area contributed by atoms with Crippen molar-refractivity contribution in [2.45, 2.75) is 66.1 Å². The molecule has 0 aromatic rings. The summed E-state index contributed by atoms with van der Waals surface area (Å²) in [6.07, 6.45) is 0.577. The van der Waals surface area contributed by atoms with Crippen LogP contribution in [-0.2, 0) is 9.59 Å². The zero-order chi connectivity index (χ0) is 14.5. The minimum atomic E-state index is -0.473. The van der Waals surface area contributed by atoms with Crippen molar-refractivity contribution in [1.82, 2.24) is 10.2 Å². The largest absolute Gasteiger partial charge is 0.341 e. The molecule has 0 unspecified atom stereocenters. The van der Waals surface area contributed by atoms with E-state index in [0.29, 0.717) is 12.0 Å². The molecule has 0 saturated heterocycles. The fourth-order valence-electron chi connectivity index (χ4n) is 1.91. The topological polar surface area (TPSA) is 49.4 Å². The first-order chi connectivity index (χ1) is 8.22. The monoisotopic (exact) mass is 254 g/mol. The van der Waals surface area contributed by atoms with Crippen molar-refractivity contribution >= 4 is 11.8 Å². The fourth-order valence-corrected chi connectivity index (χ4v) is 1.91. The molecule has 0 spiro atoms. The average Bonchev–Trinajstić information content (AvgIpc) is 2.23. The Labute approximate surface area is 110 Å². The van der Waals surface area contributed by atoms with Gasteiger partial charge in [0, 0.05) is 17.7 Å². The van der Waals surface area contributed by atoms with Crippen LogP contribution in [0.15, 0.2) is 12.2 Å². The molecule has 0 fully saturated rings. The molecule has 0 bridgehead atoms. The highest BCUT2D eigenvalue weighted by atomic mass is 16.2. The lowest BCUT2D eigenvalue weighted by Crippen LogP contribution is -2.52. The van der Waals surface area contributed by atoms with E-state index >= 15 is 0 Å². The third-order valence-electron chi connectivity index (χ3n) is 2.77. The molecule has 0 aliphatic heterocycles. The van der Waals surface area contributed by atoms with Crippen molar-refractivity contribution in [1.29, 1.82) is 0 Å². The minimum absolute atomic E-state index is 0.0305. The van der Waals surface area contributed by atoms with E-state index in [9.17, 15) is 9.59 Å². The van der Waals surface area contributed by atoms with Crippen molar-refractivity contribution in [3.63, 3.8) is 0 Å². The molecule has 104 valence electrons. The number of hydrogen-bond acceptors (Lipinski definition) is 2. The molecule has 1 N–H and O–H groups in total. The Bertz CT molecular complexity index is 314. The number of nitrogens with zero attached hydrogens (tertiary/aromatic N) is 1. The van der Waals surface area contributed by atoms with Crippen molar-refractivity contribution in [2.24, 2.45) is 0 Å². The molecule has 18 heavy (non-hydrogen) atoms. The van der Waals surface area contributed by atoms with Gasteiger partial charge in [0.25, 0.3) is 0 Å². The molecule has 0 aromatic carbocycles. The quantitative estimate of drug-likeness (QED) is 0.738. The molecule has 0 aliphatic rings. The summed E-state index contributed by atoms with van der Waals surface area (Å²) in [5.74, 6) is -0.292. The molecule has 1 atom stereocenters. The highest BCUT2D eigenvalue weighted by Crippen LogP contribution is 2.10. The average molecular weight is 254 g/mol. The highest BCUT2D eigenvalue weighted by molar-refractivity contribution is 5.96. The first-order valence-electron chi connectivity index (χ1n) is 6.50. The van der Waals surface area contributed by atoms with Gasteiger partial charge in [0.1, 0.15) is 6.04 Å². The molecule has 0 aromatic heterocycles. The van der Waals surface area contributed by atoms with Crippen LogP contribution in [0.1, 0.15) is 48.0 Å². The summed E-state index contributed by atoms with van der Waals surface area (Å²) in [4.78, 5) is 25.8. The summed E-state index contributed by atoms with van der Waals surface area (Å²) < 4.78 is 0. The van der Waals surface area contributed by atoms with Crippen LogP contribution in [0.2, 0.25) is 0 Å². The molecular formula is C14H26N2O2. The molecule has 0 saturated carbocycles. The second-order valence-electron chi connectivity index (χ2n) is 5.15. The predicted molar refractivity (Wildman–Crippen MR) is 74.2 cm³/mol. The Morgan fingerprint density at radius 2 is 1.61 bits per heavy atom. The number of hydrogen-bond donors (Lipinski definition) is 1. The number of rotatable bonds is 6. The maximum absolute atomic E-state index is 12.4. The van der Waals surface area contributed by atoms with Gasteiger partial charge < -0.3 is 10.2 Å². The van der Waals surface area contributed by atoms with E-state index in [1.165, 1.54) is 0 Å². The van der Waals surface area contributed by atoms with Crippen LogP contribution < -0.4 is 5.32 Å². The van der Waals surface area contributed by atoms with E-state index < -0.39 is 6.04 Å². The highest BCUT2D eigenvalue weighted by Gasteiger charge is 2.27. The summed E-state index contributed by atoms with van der Waals surface area (Å²) in [5.41, 5.74) is 0.418. The van der Waals surface area contributed by atoms with E-state index in [-0.39, 0.29) is 23.9 Å². The van der Waals surface area contributed by atoms with Gasteiger partial charge in [-0.15, -0.1) is 0 Å². The molecule has 4 heteroatoms. The van der Waals surface area contributed by atoms with E-state index in [0.717, 1.165) is 0 Å². The predicted octanol–water partition coefficient (Wildman–Crippen LogP) is 2.10. The first kappa shape index (κ1) is 16.7. The third-order valence-corrected chi connectivity index (χ3v) is 2.77.